The van der Waals surface area contributed by atoms with E-state index >= 15 is 0 Å². The molecule has 0 aromatic rings. The molecule has 1 rings (SSSR count). The minimum atomic E-state index is -0.985. The van der Waals surface area contributed by atoms with Gasteiger partial charge in [-0.3, -0.25) is 0 Å². The Morgan fingerprint density at radius 2 is 1.82 bits per heavy atom. The molecule has 0 unspecified atom stereocenters. The molecule has 0 saturated carbocycles. The van der Waals surface area contributed by atoms with Crippen molar-refractivity contribution in [3.63, 3.8) is 0 Å². The van der Waals surface area contributed by atoms with Crippen molar-refractivity contribution >= 4 is 8.07 Å². The molecule has 66 valence electrons. The Hall–Kier alpha value is 0.177. The van der Waals surface area contributed by atoms with Crippen molar-refractivity contribution in [2.24, 2.45) is 0 Å². The van der Waals surface area contributed by atoms with E-state index in [2.05, 4.69) is 33.5 Å². The van der Waals surface area contributed by atoms with E-state index in [0.29, 0.717) is 0 Å². The third-order valence-corrected chi connectivity index (χ3v) is 5.84. The van der Waals surface area contributed by atoms with Crippen LogP contribution in [0.2, 0.25) is 25.2 Å². The lowest BCUT2D eigenvalue weighted by Crippen LogP contribution is -2.39. The molecule has 0 aromatic carbocycles. The topological polar surface area (TPSA) is 9.23 Å². The van der Waals surface area contributed by atoms with E-state index in [1.807, 2.05) is 0 Å². The lowest BCUT2D eigenvalue weighted by atomic mass is 10.1. The van der Waals surface area contributed by atoms with E-state index in [1.54, 1.807) is 0 Å². The summed E-state index contributed by atoms with van der Waals surface area (Å²) in [4.78, 5) is 0. The molecular formula is C9H20OSi. The molecule has 1 atom stereocenters. The zero-order valence-electron chi connectivity index (χ0n) is 8.40. The fourth-order valence-corrected chi connectivity index (χ4v) is 5.52. The average molecular weight is 172 g/mol. The molecule has 1 saturated heterocycles. The van der Waals surface area contributed by atoms with Crippen LogP contribution in [0.3, 0.4) is 0 Å². The van der Waals surface area contributed by atoms with Crippen LogP contribution in [-0.4, -0.2) is 20.3 Å². The van der Waals surface area contributed by atoms with Crippen molar-refractivity contribution in [3.05, 3.63) is 0 Å². The van der Waals surface area contributed by atoms with E-state index in [9.17, 15) is 0 Å². The van der Waals surface area contributed by atoms with Crippen molar-refractivity contribution in [3.8, 4) is 0 Å². The molecule has 11 heavy (non-hydrogen) atoms. The summed E-state index contributed by atoms with van der Waals surface area (Å²) in [5, 5.41) is 0. The molecular weight excluding hydrogens is 152 g/mol. The Balaban J connectivity index is 2.73. The summed E-state index contributed by atoms with van der Waals surface area (Å²) in [5.41, 5.74) is 1.000. The summed E-state index contributed by atoms with van der Waals surface area (Å²) in [7, 11) is -0.985. The lowest BCUT2D eigenvalue weighted by molar-refractivity contribution is 0.0357. The highest BCUT2D eigenvalue weighted by Crippen LogP contribution is 2.43. The average Bonchev–Trinajstić information content (AvgIpc) is 2.06. The van der Waals surface area contributed by atoms with Crippen LogP contribution in [0.15, 0.2) is 0 Å². The van der Waals surface area contributed by atoms with E-state index in [-0.39, 0.29) is 5.60 Å². The largest absolute Gasteiger partial charge is 0.376 e. The molecule has 0 bridgehead atoms. The molecule has 0 amide bonds. The standard InChI is InChI=1S/C9H20OSi/c1-9(2)8(6-7-10-9)11(3,4)5/h8H,6-7H2,1-5H3/t8-/m0/s1. The fourth-order valence-electron chi connectivity index (χ4n) is 2.36. The highest BCUT2D eigenvalue weighted by Gasteiger charge is 2.43. The van der Waals surface area contributed by atoms with E-state index in [0.717, 1.165) is 12.1 Å². The second-order valence-corrected chi connectivity index (χ2v) is 10.6. The minimum Gasteiger partial charge on any atom is -0.376 e. The van der Waals surface area contributed by atoms with Crippen molar-refractivity contribution in [1.29, 1.82) is 0 Å². The van der Waals surface area contributed by atoms with Gasteiger partial charge in [-0.15, -0.1) is 0 Å². The van der Waals surface area contributed by atoms with Gasteiger partial charge in [0.2, 0.25) is 0 Å². The third-order valence-electron chi connectivity index (χ3n) is 2.77. The summed E-state index contributed by atoms with van der Waals surface area (Å²) < 4.78 is 5.71. The normalized spacial score (nSPS) is 30.8. The molecule has 1 nitrogen and oxygen atoms in total. The molecule has 0 N–H and O–H groups in total. The van der Waals surface area contributed by atoms with Crippen molar-refractivity contribution < 1.29 is 4.74 Å². The zero-order valence-corrected chi connectivity index (χ0v) is 9.40. The fraction of sp³-hybridized carbons (Fsp3) is 1.00. The Morgan fingerprint density at radius 1 is 1.27 bits per heavy atom. The van der Waals surface area contributed by atoms with Gasteiger partial charge in [-0.25, -0.2) is 0 Å². The quantitative estimate of drug-likeness (QED) is 0.553. The molecule has 1 heterocycles. The van der Waals surface area contributed by atoms with Gasteiger partial charge < -0.3 is 4.74 Å². The highest BCUT2D eigenvalue weighted by molar-refractivity contribution is 6.77. The number of hydrogen-bond acceptors (Lipinski definition) is 1. The summed E-state index contributed by atoms with van der Waals surface area (Å²) in [5.74, 6) is 0. The van der Waals surface area contributed by atoms with Gasteiger partial charge >= 0.3 is 0 Å². The summed E-state index contributed by atoms with van der Waals surface area (Å²) >= 11 is 0. The molecule has 1 aliphatic rings. The Labute approximate surface area is 71.1 Å². The number of ether oxygens (including phenoxy) is 1. The van der Waals surface area contributed by atoms with Gasteiger partial charge in [0.1, 0.15) is 0 Å². The van der Waals surface area contributed by atoms with E-state index in [4.69, 9.17) is 4.74 Å². The van der Waals surface area contributed by atoms with E-state index < -0.39 is 8.07 Å². The predicted octanol–water partition coefficient (Wildman–Crippen LogP) is 2.89. The summed E-state index contributed by atoms with van der Waals surface area (Å²) in [6, 6.07) is 0. The maximum Gasteiger partial charge on any atom is 0.0631 e. The van der Waals surface area contributed by atoms with Crippen LogP contribution in [0, 0.1) is 0 Å². The smallest absolute Gasteiger partial charge is 0.0631 e. The van der Waals surface area contributed by atoms with Gasteiger partial charge in [0.05, 0.1) is 13.7 Å². The van der Waals surface area contributed by atoms with Crippen molar-refractivity contribution in [1.82, 2.24) is 0 Å². The van der Waals surface area contributed by atoms with Crippen molar-refractivity contribution in [2.45, 2.75) is 51.1 Å². The van der Waals surface area contributed by atoms with Gasteiger partial charge in [0, 0.05) is 6.61 Å². The van der Waals surface area contributed by atoms with Gasteiger partial charge in [-0.1, -0.05) is 19.6 Å². The molecule has 1 fully saturated rings. The van der Waals surface area contributed by atoms with Gasteiger partial charge in [0.15, 0.2) is 0 Å². The number of rotatable bonds is 1. The Bertz CT molecular complexity index is 146. The van der Waals surface area contributed by atoms with Gasteiger partial charge in [0.25, 0.3) is 0 Å². The first kappa shape index (κ1) is 9.27. The monoisotopic (exact) mass is 172 g/mol. The third kappa shape index (κ3) is 1.85. The van der Waals surface area contributed by atoms with Gasteiger partial charge in [-0.05, 0) is 25.8 Å². The second kappa shape index (κ2) is 2.59. The lowest BCUT2D eigenvalue weighted by Gasteiger charge is -2.34. The highest BCUT2D eigenvalue weighted by atomic mass is 28.3. The van der Waals surface area contributed by atoms with Crippen LogP contribution in [0.1, 0.15) is 20.3 Å². The molecule has 1 aliphatic heterocycles. The van der Waals surface area contributed by atoms with Crippen LogP contribution in [0.25, 0.3) is 0 Å². The van der Waals surface area contributed by atoms with Crippen LogP contribution in [-0.2, 0) is 4.74 Å². The zero-order chi connectivity index (χ0) is 8.70. The minimum absolute atomic E-state index is 0.157. The first-order valence-electron chi connectivity index (χ1n) is 4.48. The SMILES string of the molecule is CC1(C)OCC[C@@H]1[Si](C)(C)C. The second-order valence-electron chi connectivity index (χ2n) is 5.16. The molecule has 2 heteroatoms. The summed E-state index contributed by atoms with van der Waals surface area (Å²) in [6.45, 7) is 12.8. The van der Waals surface area contributed by atoms with Gasteiger partial charge in [-0.2, -0.15) is 0 Å². The van der Waals surface area contributed by atoms with Crippen molar-refractivity contribution in [2.75, 3.05) is 6.61 Å². The maximum absolute atomic E-state index is 5.71. The van der Waals surface area contributed by atoms with Crippen LogP contribution in [0.4, 0.5) is 0 Å². The van der Waals surface area contributed by atoms with Crippen LogP contribution < -0.4 is 0 Å². The Morgan fingerprint density at radius 3 is 2.00 bits per heavy atom. The molecule has 0 radical (unpaired) electrons. The first-order chi connectivity index (χ1) is 4.84. The Kier molecular flexibility index (Phi) is 2.19. The molecule has 0 aliphatic carbocycles. The molecule has 0 spiro atoms. The molecule has 0 aromatic heterocycles. The van der Waals surface area contributed by atoms with Crippen LogP contribution >= 0.6 is 0 Å². The predicted molar refractivity (Wildman–Crippen MR) is 51.7 cm³/mol. The maximum atomic E-state index is 5.71. The van der Waals surface area contributed by atoms with Crippen LogP contribution in [0.5, 0.6) is 0 Å². The summed E-state index contributed by atoms with van der Waals surface area (Å²) in [6.07, 6.45) is 1.28. The number of hydrogen-bond donors (Lipinski definition) is 0. The van der Waals surface area contributed by atoms with E-state index in [1.165, 1.54) is 6.42 Å². The first-order valence-corrected chi connectivity index (χ1v) is 8.06.